The Labute approximate surface area is 260 Å². The van der Waals surface area contributed by atoms with Crippen LogP contribution in [0.15, 0.2) is 42.5 Å². The molecule has 2 aromatic rings. The van der Waals surface area contributed by atoms with Crippen LogP contribution in [0.3, 0.4) is 0 Å². The molecule has 0 saturated carbocycles. The summed E-state index contributed by atoms with van der Waals surface area (Å²) in [5.74, 6) is -0.588. The number of nitrogens with one attached hydrogen (secondary N) is 2. The summed E-state index contributed by atoms with van der Waals surface area (Å²) in [6, 6.07) is 7.86. The van der Waals surface area contributed by atoms with Crippen LogP contribution < -0.4 is 15.4 Å². The van der Waals surface area contributed by atoms with Gasteiger partial charge in [-0.1, -0.05) is 6.92 Å². The van der Waals surface area contributed by atoms with Crippen molar-refractivity contribution in [2.24, 2.45) is 5.92 Å². The van der Waals surface area contributed by atoms with Crippen LogP contribution in [0.25, 0.3) is 0 Å². The molecule has 0 unspecified atom stereocenters. The van der Waals surface area contributed by atoms with Gasteiger partial charge in [-0.2, -0.15) is 13.2 Å². The van der Waals surface area contributed by atoms with Crippen LogP contribution in [-0.4, -0.2) is 109 Å². The first-order valence-corrected chi connectivity index (χ1v) is 14.9. The summed E-state index contributed by atoms with van der Waals surface area (Å²) in [7, 11) is 1.53. The number of likely N-dealkylation sites (N-methyl/N-ethyl adjacent to an activating group) is 1. The lowest BCUT2D eigenvalue weighted by atomic mass is 9.99. The fourth-order valence-electron chi connectivity index (χ4n) is 5.14. The topological polar surface area (TPSA) is 124 Å². The zero-order chi connectivity index (χ0) is 32.7. The molecule has 2 aliphatic heterocycles. The molecule has 45 heavy (non-hydrogen) atoms. The van der Waals surface area contributed by atoms with E-state index in [2.05, 4.69) is 15.5 Å². The number of nitrogens with zero attached hydrogens (tertiary/aromatic N) is 3. The second-order valence-electron chi connectivity index (χ2n) is 11.5. The van der Waals surface area contributed by atoms with Gasteiger partial charge in [0.25, 0.3) is 5.91 Å². The quantitative estimate of drug-likeness (QED) is 0.384. The lowest BCUT2D eigenvalue weighted by molar-refractivity contribution is -0.137. The monoisotopic (exact) mass is 635 g/mol. The van der Waals surface area contributed by atoms with Crippen molar-refractivity contribution in [1.29, 1.82) is 0 Å². The number of anilines is 2. The Morgan fingerprint density at radius 2 is 1.76 bits per heavy atom. The summed E-state index contributed by atoms with van der Waals surface area (Å²) in [5.41, 5.74) is 0.00334. The summed E-state index contributed by atoms with van der Waals surface area (Å²) in [6.07, 6.45) is -4.81. The minimum absolute atomic E-state index is 0.0860. The molecule has 246 valence electrons. The van der Waals surface area contributed by atoms with Crippen LogP contribution in [0.2, 0.25) is 0 Å². The smallest absolute Gasteiger partial charge is 0.416 e. The average molecular weight is 636 g/mol. The van der Waals surface area contributed by atoms with Gasteiger partial charge in [0.05, 0.1) is 43.5 Å². The number of halogens is 3. The molecule has 0 aromatic heterocycles. The van der Waals surface area contributed by atoms with E-state index in [1.807, 2.05) is 6.92 Å². The van der Waals surface area contributed by atoms with Gasteiger partial charge in [0.1, 0.15) is 11.9 Å². The van der Waals surface area contributed by atoms with E-state index in [0.29, 0.717) is 25.4 Å². The highest BCUT2D eigenvalue weighted by molar-refractivity contribution is 6.00. The van der Waals surface area contributed by atoms with Crippen molar-refractivity contribution < 1.29 is 42.1 Å². The normalized spacial score (nSPS) is 19.9. The van der Waals surface area contributed by atoms with Crippen LogP contribution in [0.4, 0.5) is 29.3 Å². The molecular formula is C31H40F3N5O6. The Bertz CT molecular complexity index is 1340. The highest BCUT2D eigenvalue weighted by Crippen LogP contribution is 2.32. The molecule has 0 radical (unpaired) electrons. The second-order valence-corrected chi connectivity index (χ2v) is 11.5. The van der Waals surface area contributed by atoms with Gasteiger partial charge in [0.15, 0.2) is 0 Å². The summed E-state index contributed by atoms with van der Waals surface area (Å²) < 4.78 is 50.4. The fraction of sp³-hybridized carbons (Fsp3) is 0.516. The molecular weight excluding hydrogens is 595 g/mol. The first-order chi connectivity index (χ1) is 21.3. The van der Waals surface area contributed by atoms with E-state index in [9.17, 15) is 32.7 Å². The van der Waals surface area contributed by atoms with E-state index in [1.165, 1.54) is 24.1 Å². The molecule has 2 aromatic carbocycles. The number of fused-ring (bicyclic) bond motifs is 1. The van der Waals surface area contributed by atoms with E-state index in [-0.39, 0.29) is 60.8 Å². The number of amides is 4. The van der Waals surface area contributed by atoms with Gasteiger partial charge in [-0.3, -0.25) is 14.5 Å². The van der Waals surface area contributed by atoms with E-state index in [0.717, 1.165) is 25.2 Å². The van der Waals surface area contributed by atoms with Crippen LogP contribution in [-0.2, 0) is 15.7 Å². The van der Waals surface area contributed by atoms with E-state index < -0.39 is 29.9 Å². The Hall–Kier alpha value is -3.88. The Morgan fingerprint density at radius 1 is 1.09 bits per heavy atom. The molecule has 0 aliphatic carbocycles. The number of carbonyl (C=O) groups excluding carboxylic acids is 3. The molecule has 11 nitrogen and oxygen atoms in total. The highest BCUT2D eigenvalue weighted by atomic mass is 19.4. The fourth-order valence-corrected chi connectivity index (χ4v) is 5.14. The molecule has 4 rings (SSSR count). The Morgan fingerprint density at radius 3 is 2.40 bits per heavy atom. The molecule has 14 heteroatoms. The standard InChI is InChI=1S/C31H40F3N5O6/c1-20-17-39(21(2)19-40)29(42)25-16-24(35-28(41)10-11-38-12-14-44-15-13-38)8-9-26(25)45-27(20)18-37(3)30(43)36-23-6-4-22(5-7-23)31(32,33)34/h4-9,16,20-21,27,40H,10-15,17-19H2,1-3H3,(H,35,41)(H,36,43)/t20-,21-,27-/m1/s1. The van der Waals surface area contributed by atoms with Gasteiger partial charge in [0, 0.05) is 56.9 Å². The maximum Gasteiger partial charge on any atom is 0.416 e. The van der Waals surface area contributed by atoms with Crippen LogP contribution in [0.5, 0.6) is 5.75 Å². The van der Waals surface area contributed by atoms with Crippen molar-refractivity contribution in [2.75, 3.05) is 70.2 Å². The van der Waals surface area contributed by atoms with E-state index >= 15 is 0 Å². The highest BCUT2D eigenvalue weighted by Gasteiger charge is 2.34. The van der Waals surface area contributed by atoms with Crippen molar-refractivity contribution in [3.63, 3.8) is 0 Å². The van der Waals surface area contributed by atoms with Crippen molar-refractivity contribution in [3.05, 3.63) is 53.6 Å². The van der Waals surface area contributed by atoms with Crippen LogP contribution in [0.1, 0.15) is 36.2 Å². The SMILES string of the molecule is C[C@@H]1CN([C@H](C)CO)C(=O)c2cc(NC(=O)CCN3CCOCC3)ccc2O[C@@H]1CN(C)C(=O)Nc1ccc(C(F)(F)F)cc1. The number of aliphatic hydroxyl groups excluding tert-OH is 1. The third-order valence-electron chi connectivity index (χ3n) is 7.97. The van der Waals surface area contributed by atoms with E-state index in [1.54, 1.807) is 30.0 Å². The molecule has 1 saturated heterocycles. The number of morpholine rings is 1. The zero-order valence-electron chi connectivity index (χ0n) is 25.6. The molecule has 0 bridgehead atoms. The predicted octanol–water partition coefficient (Wildman–Crippen LogP) is 3.75. The van der Waals surface area contributed by atoms with Crippen molar-refractivity contribution in [2.45, 2.75) is 38.6 Å². The molecule has 3 N–H and O–H groups in total. The minimum Gasteiger partial charge on any atom is -0.487 e. The van der Waals surface area contributed by atoms with Crippen molar-refractivity contribution in [1.82, 2.24) is 14.7 Å². The number of rotatable bonds is 9. The molecule has 0 spiro atoms. The van der Waals surface area contributed by atoms with Gasteiger partial charge >= 0.3 is 12.2 Å². The maximum absolute atomic E-state index is 13.7. The van der Waals surface area contributed by atoms with Crippen molar-refractivity contribution in [3.8, 4) is 5.75 Å². The second kappa shape index (κ2) is 14.9. The third kappa shape index (κ3) is 9.08. The molecule has 1 fully saturated rings. The minimum atomic E-state index is -4.49. The lowest BCUT2D eigenvalue weighted by Crippen LogP contribution is -2.50. The molecule has 2 heterocycles. The zero-order valence-corrected chi connectivity index (χ0v) is 25.6. The summed E-state index contributed by atoms with van der Waals surface area (Å²) in [6.45, 7) is 7.01. The van der Waals surface area contributed by atoms with Gasteiger partial charge in [-0.05, 0) is 49.4 Å². The first-order valence-electron chi connectivity index (χ1n) is 14.9. The van der Waals surface area contributed by atoms with E-state index in [4.69, 9.17) is 9.47 Å². The van der Waals surface area contributed by atoms with Gasteiger partial charge < -0.3 is 35.0 Å². The number of ether oxygens (including phenoxy) is 2. The van der Waals surface area contributed by atoms with Gasteiger partial charge in [-0.25, -0.2) is 4.79 Å². The number of hydrogen-bond acceptors (Lipinski definition) is 7. The summed E-state index contributed by atoms with van der Waals surface area (Å²) in [4.78, 5) is 44.4. The molecule has 4 amide bonds. The van der Waals surface area contributed by atoms with Crippen LogP contribution in [0, 0.1) is 5.92 Å². The largest absolute Gasteiger partial charge is 0.487 e. The van der Waals surface area contributed by atoms with Crippen molar-refractivity contribution >= 4 is 29.2 Å². The number of benzene rings is 2. The number of carbonyl (C=O) groups is 3. The number of urea groups is 1. The summed E-state index contributed by atoms with van der Waals surface area (Å²) >= 11 is 0. The van der Waals surface area contributed by atoms with Gasteiger partial charge in [-0.15, -0.1) is 0 Å². The van der Waals surface area contributed by atoms with Crippen LogP contribution >= 0.6 is 0 Å². The predicted molar refractivity (Wildman–Crippen MR) is 161 cm³/mol. The number of hydrogen-bond donors (Lipinski definition) is 3. The average Bonchev–Trinajstić information content (AvgIpc) is 3.01. The Kier molecular flexibility index (Phi) is 11.3. The number of aliphatic hydroxyl groups is 1. The summed E-state index contributed by atoms with van der Waals surface area (Å²) in [5, 5.41) is 15.4. The Balaban J connectivity index is 1.48. The lowest BCUT2D eigenvalue weighted by Gasteiger charge is -2.38. The van der Waals surface area contributed by atoms with Gasteiger partial charge in [0.2, 0.25) is 5.91 Å². The number of alkyl halides is 3. The maximum atomic E-state index is 13.7. The first kappa shape index (κ1) is 34.0. The molecule has 3 atom stereocenters. The molecule has 2 aliphatic rings. The third-order valence-corrected chi connectivity index (χ3v) is 7.97.